The van der Waals surface area contributed by atoms with E-state index in [-0.39, 0.29) is 5.54 Å². The molecule has 1 aliphatic rings. The van der Waals surface area contributed by atoms with E-state index in [1.54, 1.807) is 7.11 Å². The molecule has 0 bridgehead atoms. The summed E-state index contributed by atoms with van der Waals surface area (Å²) in [5.41, 5.74) is 1.51. The molecule has 1 fully saturated rings. The lowest BCUT2D eigenvalue weighted by Gasteiger charge is -2.39. The number of aromatic nitrogens is 1. The van der Waals surface area contributed by atoms with Crippen LogP contribution in [0, 0.1) is 0 Å². The predicted octanol–water partition coefficient (Wildman–Crippen LogP) is 1.95. The summed E-state index contributed by atoms with van der Waals surface area (Å²) >= 11 is 0. The van der Waals surface area contributed by atoms with Crippen molar-refractivity contribution in [2.45, 2.75) is 31.2 Å². The van der Waals surface area contributed by atoms with Crippen molar-refractivity contribution in [3.05, 3.63) is 30.1 Å². The van der Waals surface area contributed by atoms with Crippen LogP contribution in [0.3, 0.4) is 0 Å². The van der Waals surface area contributed by atoms with Gasteiger partial charge in [-0.15, -0.1) is 0 Å². The predicted molar refractivity (Wildman–Crippen MR) is 64.5 cm³/mol. The average Bonchev–Trinajstić information content (AvgIpc) is 2.30. The van der Waals surface area contributed by atoms with Crippen molar-refractivity contribution in [1.82, 2.24) is 10.3 Å². The van der Waals surface area contributed by atoms with Gasteiger partial charge in [0.2, 0.25) is 0 Å². The third-order valence-electron chi connectivity index (χ3n) is 3.38. The summed E-state index contributed by atoms with van der Waals surface area (Å²) < 4.78 is 5.29. The van der Waals surface area contributed by atoms with Crippen molar-refractivity contribution in [3.63, 3.8) is 0 Å². The van der Waals surface area contributed by atoms with Crippen molar-refractivity contribution in [1.29, 1.82) is 0 Å². The highest BCUT2D eigenvalue weighted by molar-refractivity contribution is 5.18. The molecule has 0 amide bonds. The Bertz CT molecular complexity index is 324. The van der Waals surface area contributed by atoms with Crippen molar-refractivity contribution < 1.29 is 4.74 Å². The van der Waals surface area contributed by atoms with Crippen LogP contribution in [-0.4, -0.2) is 30.8 Å². The normalized spacial score (nSPS) is 30.2. The Balaban J connectivity index is 2.07. The smallest absolute Gasteiger partial charge is 0.0641 e. The van der Waals surface area contributed by atoms with Gasteiger partial charge < -0.3 is 10.1 Å². The fraction of sp³-hybridized carbons (Fsp3) is 0.615. The highest BCUT2D eigenvalue weighted by Gasteiger charge is 2.32. The minimum absolute atomic E-state index is 0.112. The van der Waals surface area contributed by atoms with Gasteiger partial charge in [0.1, 0.15) is 0 Å². The van der Waals surface area contributed by atoms with Gasteiger partial charge in [0, 0.05) is 25.0 Å². The lowest BCUT2D eigenvalue weighted by Crippen LogP contribution is -2.51. The van der Waals surface area contributed by atoms with Crippen LogP contribution in [0.25, 0.3) is 0 Å². The summed E-state index contributed by atoms with van der Waals surface area (Å²) in [6.07, 6.45) is 6.09. The van der Waals surface area contributed by atoms with E-state index < -0.39 is 0 Å². The maximum Gasteiger partial charge on any atom is 0.0641 e. The first-order valence-corrected chi connectivity index (χ1v) is 5.87. The topological polar surface area (TPSA) is 34.1 Å². The summed E-state index contributed by atoms with van der Waals surface area (Å²) in [7, 11) is 1.77. The molecule has 0 aliphatic carbocycles. The average molecular weight is 220 g/mol. The number of ether oxygens (including phenoxy) is 1. The van der Waals surface area contributed by atoms with Gasteiger partial charge in [-0.3, -0.25) is 4.98 Å². The SMILES string of the molecule is COCC1(C)CC(c2ccncc2)CCN1. The van der Waals surface area contributed by atoms with E-state index >= 15 is 0 Å². The summed E-state index contributed by atoms with van der Waals surface area (Å²) in [5.74, 6) is 0.629. The second-order valence-electron chi connectivity index (χ2n) is 4.89. The zero-order valence-corrected chi connectivity index (χ0v) is 10.1. The molecular weight excluding hydrogens is 200 g/mol. The summed E-state index contributed by atoms with van der Waals surface area (Å²) in [5, 5.41) is 3.56. The van der Waals surface area contributed by atoms with Crippen LogP contribution in [0.1, 0.15) is 31.2 Å². The van der Waals surface area contributed by atoms with Crippen LogP contribution < -0.4 is 5.32 Å². The highest BCUT2D eigenvalue weighted by Crippen LogP contribution is 2.32. The molecule has 0 radical (unpaired) electrons. The first-order chi connectivity index (χ1) is 7.73. The van der Waals surface area contributed by atoms with E-state index in [4.69, 9.17) is 4.74 Å². The minimum Gasteiger partial charge on any atom is -0.383 e. The van der Waals surface area contributed by atoms with E-state index in [0.717, 1.165) is 19.6 Å². The molecule has 0 spiro atoms. The van der Waals surface area contributed by atoms with Gasteiger partial charge in [0.25, 0.3) is 0 Å². The van der Waals surface area contributed by atoms with Crippen molar-refractivity contribution in [3.8, 4) is 0 Å². The second-order valence-corrected chi connectivity index (χ2v) is 4.89. The maximum absolute atomic E-state index is 5.29. The summed E-state index contributed by atoms with van der Waals surface area (Å²) in [6.45, 7) is 4.07. The lowest BCUT2D eigenvalue weighted by atomic mass is 9.80. The van der Waals surface area contributed by atoms with E-state index in [1.807, 2.05) is 12.4 Å². The molecule has 88 valence electrons. The van der Waals surface area contributed by atoms with Crippen LogP contribution >= 0.6 is 0 Å². The van der Waals surface area contributed by atoms with Gasteiger partial charge in [-0.1, -0.05) is 0 Å². The van der Waals surface area contributed by atoms with Crippen molar-refractivity contribution in [2.24, 2.45) is 0 Å². The number of nitrogens with zero attached hydrogens (tertiary/aromatic N) is 1. The Hall–Kier alpha value is -0.930. The zero-order valence-electron chi connectivity index (χ0n) is 10.1. The Morgan fingerprint density at radius 3 is 2.94 bits per heavy atom. The molecule has 2 heterocycles. The molecule has 2 atom stereocenters. The van der Waals surface area contributed by atoms with E-state index in [0.29, 0.717) is 5.92 Å². The number of hydrogen-bond donors (Lipinski definition) is 1. The first kappa shape index (κ1) is 11.6. The molecule has 1 N–H and O–H groups in total. The van der Waals surface area contributed by atoms with Gasteiger partial charge in [-0.05, 0) is 49.9 Å². The zero-order chi connectivity index (χ0) is 11.4. The van der Waals surface area contributed by atoms with E-state index in [9.17, 15) is 0 Å². The molecular formula is C13H20N2O. The molecule has 1 aromatic rings. The Labute approximate surface area is 97.2 Å². The second kappa shape index (κ2) is 4.93. The number of piperidine rings is 1. The summed E-state index contributed by atoms with van der Waals surface area (Å²) in [4.78, 5) is 4.07. The molecule has 1 saturated heterocycles. The van der Waals surface area contributed by atoms with E-state index in [1.165, 1.54) is 12.0 Å². The van der Waals surface area contributed by atoms with Gasteiger partial charge in [-0.25, -0.2) is 0 Å². The van der Waals surface area contributed by atoms with Crippen LogP contribution in [0.15, 0.2) is 24.5 Å². The molecule has 3 nitrogen and oxygen atoms in total. The quantitative estimate of drug-likeness (QED) is 0.845. The summed E-state index contributed by atoms with van der Waals surface area (Å²) in [6, 6.07) is 4.26. The number of nitrogens with one attached hydrogen (secondary N) is 1. The number of methoxy groups -OCH3 is 1. The van der Waals surface area contributed by atoms with Crippen LogP contribution in [-0.2, 0) is 4.74 Å². The Morgan fingerprint density at radius 1 is 1.50 bits per heavy atom. The number of pyridine rings is 1. The maximum atomic E-state index is 5.29. The molecule has 1 aromatic heterocycles. The van der Waals surface area contributed by atoms with Crippen molar-refractivity contribution >= 4 is 0 Å². The molecule has 0 saturated carbocycles. The lowest BCUT2D eigenvalue weighted by molar-refractivity contribution is 0.0946. The van der Waals surface area contributed by atoms with Crippen LogP contribution in [0.4, 0.5) is 0 Å². The first-order valence-electron chi connectivity index (χ1n) is 5.87. The Kier molecular flexibility index (Phi) is 3.56. The molecule has 2 rings (SSSR count). The monoisotopic (exact) mass is 220 g/mol. The van der Waals surface area contributed by atoms with Gasteiger partial charge in [0.15, 0.2) is 0 Å². The minimum atomic E-state index is 0.112. The fourth-order valence-corrected chi connectivity index (χ4v) is 2.61. The van der Waals surface area contributed by atoms with Gasteiger partial charge in [-0.2, -0.15) is 0 Å². The van der Waals surface area contributed by atoms with Crippen LogP contribution in [0.5, 0.6) is 0 Å². The van der Waals surface area contributed by atoms with Crippen LogP contribution in [0.2, 0.25) is 0 Å². The standard InChI is InChI=1S/C13H20N2O/c1-13(10-16-2)9-12(5-8-15-13)11-3-6-14-7-4-11/h3-4,6-7,12,15H,5,8-10H2,1-2H3. The molecule has 1 aliphatic heterocycles. The highest BCUT2D eigenvalue weighted by atomic mass is 16.5. The molecule has 0 aromatic carbocycles. The fourth-order valence-electron chi connectivity index (χ4n) is 2.61. The number of hydrogen-bond acceptors (Lipinski definition) is 3. The largest absolute Gasteiger partial charge is 0.383 e. The Morgan fingerprint density at radius 2 is 2.25 bits per heavy atom. The van der Waals surface area contributed by atoms with Gasteiger partial charge >= 0.3 is 0 Å². The van der Waals surface area contributed by atoms with E-state index in [2.05, 4.69) is 29.4 Å². The van der Waals surface area contributed by atoms with Gasteiger partial charge in [0.05, 0.1) is 6.61 Å². The molecule has 16 heavy (non-hydrogen) atoms. The molecule has 2 unspecified atom stereocenters. The van der Waals surface area contributed by atoms with Crippen molar-refractivity contribution in [2.75, 3.05) is 20.3 Å². The third kappa shape index (κ3) is 2.60. The third-order valence-corrected chi connectivity index (χ3v) is 3.38. The number of rotatable bonds is 3. The molecule has 3 heteroatoms.